The van der Waals surface area contributed by atoms with Gasteiger partial charge in [-0.15, -0.1) is 0 Å². The largest absolute Gasteiger partial charge is 0.228 e. The Bertz CT molecular complexity index is 3010. The number of hydrogen-bond acceptors (Lipinski definition) is 2. The zero-order valence-electron chi connectivity index (χ0n) is 32.6. The van der Waals surface area contributed by atoms with Gasteiger partial charge in [0.05, 0.1) is 16.8 Å². The molecule has 0 saturated heterocycles. The van der Waals surface area contributed by atoms with Crippen LogP contribution >= 0.6 is 0 Å². The monoisotopic (exact) mass is 740 g/mol. The molecule has 0 atom stereocenters. The van der Waals surface area contributed by atoms with Crippen LogP contribution in [0.25, 0.3) is 72.7 Å². The number of aromatic nitrogens is 2. The lowest BCUT2D eigenvalue weighted by Crippen LogP contribution is -2.25. The molecule has 0 unspecified atom stereocenters. The molecular formula is C56H40N2. The van der Waals surface area contributed by atoms with Crippen molar-refractivity contribution >= 4 is 5.57 Å². The molecule has 1 spiro atoms. The highest BCUT2D eigenvalue weighted by Gasteiger charge is 2.51. The molecule has 0 bridgehead atoms. The lowest BCUT2D eigenvalue weighted by Gasteiger charge is -2.30. The number of nitrogens with zero attached hydrogens (tertiary/aromatic N) is 2. The summed E-state index contributed by atoms with van der Waals surface area (Å²) >= 11 is 0. The standard InChI is InChI=1S/C56H40N2/c1-5-16-35(6-2)52-34-53(58-54(57-52)36-17-8-7-9-18-36)39-27-30-44-43-28-25-37(31-49(43)55(3,4)50(44)33-39)38-26-29-45-42-21-12-15-24-48(42)56(51(45)32-38)46-22-13-10-19-40(46)41-20-11-14-23-47(41)56/h5-34H,1-2H2,3-4H3/b35-16+. The van der Waals surface area contributed by atoms with Crippen molar-refractivity contribution in [2.45, 2.75) is 24.7 Å². The molecule has 11 rings (SSSR count). The third-order valence-corrected chi connectivity index (χ3v) is 12.9. The zero-order valence-corrected chi connectivity index (χ0v) is 32.6. The maximum atomic E-state index is 5.13. The summed E-state index contributed by atoms with van der Waals surface area (Å²) in [4.78, 5) is 10.1. The van der Waals surface area contributed by atoms with Crippen LogP contribution in [0.15, 0.2) is 195 Å². The average molecular weight is 741 g/mol. The molecule has 3 aliphatic rings. The molecule has 274 valence electrons. The summed E-state index contributed by atoms with van der Waals surface area (Å²) in [5.74, 6) is 0.682. The van der Waals surface area contributed by atoms with Gasteiger partial charge in [-0.2, -0.15) is 0 Å². The van der Waals surface area contributed by atoms with Gasteiger partial charge in [-0.05, 0) is 108 Å². The van der Waals surface area contributed by atoms with Crippen LogP contribution in [-0.4, -0.2) is 9.97 Å². The number of allylic oxidation sites excluding steroid dienone is 4. The third kappa shape index (κ3) is 4.72. The molecule has 0 radical (unpaired) electrons. The highest BCUT2D eigenvalue weighted by atomic mass is 14.9. The fourth-order valence-electron chi connectivity index (χ4n) is 10.2. The minimum atomic E-state index is -0.368. The molecule has 58 heavy (non-hydrogen) atoms. The Kier molecular flexibility index (Phi) is 7.46. The van der Waals surface area contributed by atoms with Crippen molar-refractivity contribution in [1.29, 1.82) is 0 Å². The summed E-state index contributed by atoms with van der Waals surface area (Å²) in [5, 5.41) is 0. The summed E-state index contributed by atoms with van der Waals surface area (Å²) in [6.07, 6.45) is 5.55. The first-order chi connectivity index (χ1) is 28.4. The van der Waals surface area contributed by atoms with Crippen LogP contribution in [-0.2, 0) is 10.8 Å². The van der Waals surface area contributed by atoms with Crippen LogP contribution in [0.3, 0.4) is 0 Å². The van der Waals surface area contributed by atoms with Gasteiger partial charge in [0.25, 0.3) is 0 Å². The predicted molar refractivity (Wildman–Crippen MR) is 241 cm³/mol. The van der Waals surface area contributed by atoms with Gasteiger partial charge in [0.1, 0.15) is 0 Å². The molecule has 0 fully saturated rings. The van der Waals surface area contributed by atoms with Gasteiger partial charge >= 0.3 is 0 Å². The van der Waals surface area contributed by atoms with Gasteiger partial charge in [0.2, 0.25) is 0 Å². The molecule has 2 heteroatoms. The van der Waals surface area contributed by atoms with E-state index < -0.39 is 0 Å². The van der Waals surface area contributed by atoms with Crippen molar-refractivity contribution < 1.29 is 0 Å². The first kappa shape index (κ1) is 34.1. The lowest BCUT2D eigenvalue weighted by atomic mass is 9.70. The number of rotatable bonds is 6. The summed E-state index contributed by atoms with van der Waals surface area (Å²) in [6.45, 7) is 12.7. The third-order valence-electron chi connectivity index (χ3n) is 12.9. The predicted octanol–water partition coefficient (Wildman–Crippen LogP) is 13.9. The molecule has 7 aromatic carbocycles. The molecule has 0 N–H and O–H groups in total. The second-order valence-electron chi connectivity index (χ2n) is 16.2. The molecule has 1 aromatic heterocycles. The quantitative estimate of drug-likeness (QED) is 0.159. The van der Waals surface area contributed by atoms with Crippen molar-refractivity contribution in [3.8, 4) is 67.2 Å². The molecule has 0 saturated carbocycles. The first-order valence-electron chi connectivity index (χ1n) is 20.1. The van der Waals surface area contributed by atoms with Gasteiger partial charge < -0.3 is 0 Å². The fourth-order valence-corrected chi connectivity index (χ4v) is 10.2. The highest BCUT2D eigenvalue weighted by Crippen LogP contribution is 2.63. The Labute approximate surface area is 340 Å². The van der Waals surface area contributed by atoms with Gasteiger partial charge in [0.15, 0.2) is 5.82 Å². The Morgan fingerprint density at radius 2 is 0.914 bits per heavy atom. The van der Waals surface area contributed by atoms with Crippen LogP contribution in [0.1, 0.15) is 52.9 Å². The average Bonchev–Trinajstić information content (AvgIpc) is 3.83. The van der Waals surface area contributed by atoms with Crippen LogP contribution in [0, 0.1) is 0 Å². The minimum absolute atomic E-state index is 0.235. The number of benzene rings is 7. The SMILES string of the molecule is C=C/C=C(\C=C)c1cc(-c2ccc3c(c2)C(C)(C)c2cc(-c4ccc5c(c4)C4(c6ccccc6-c6ccccc64)c4ccccc4-5)ccc2-3)nc(-c2ccccc2)n1. The molecule has 2 nitrogen and oxygen atoms in total. The molecule has 1 heterocycles. The van der Waals surface area contributed by atoms with E-state index in [2.05, 4.69) is 173 Å². The van der Waals surface area contributed by atoms with Gasteiger partial charge in [0, 0.05) is 16.5 Å². The van der Waals surface area contributed by atoms with Gasteiger partial charge in [-0.1, -0.05) is 185 Å². The van der Waals surface area contributed by atoms with Gasteiger partial charge in [-0.25, -0.2) is 9.97 Å². The van der Waals surface area contributed by atoms with Crippen molar-refractivity contribution in [3.05, 3.63) is 234 Å². The molecular weight excluding hydrogens is 701 g/mol. The summed E-state index contributed by atoms with van der Waals surface area (Å²) < 4.78 is 0. The summed E-state index contributed by atoms with van der Waals surface area (Å²) in [5.41, 5.74) is 22.4. The maximum absolute atomic E-state index is 5.13. The smallest absolute Gasteiger partial charge is 0.160 e. The molecule has 0 amide bonds. The van der Waals surface area contributed by atoms with E-state index in [1.54, 1.807) is 6.08 Å². The molecule has 0 aliphatic heterocycles. The molecule has 8 aromatic rings. The Balaban J connectivity index is 1.03. The van der Waals surface area contributed by atoms with Crippen LogP contribution in [0.2, 0.25) is 0 Å². The van der Waals surface area contributed by atoms with E-state index in [0.717, 1.165) is 28.1 Å². The fraction of sp³-hybridized carbons (Fsp3) is 0.0714. The number of fused-ring (bicyclic) bond motifs is 13. The zero-order chi connectivity index (χ0) is 39.2. The van der Waals surface area contributed by atoms with Gasteiger partial charge in [-0.3, -0.25) is 0 Å². The van der Waals surface area contributed by atoms with Crippen LogP contribution in [0.4, 0.5) is 0 Å². The highest BCUT2D eigenvalue weighted by molar-refractivity contribution is 5.96. The van der Waals surface area contributed by atoms with E-state index in [0.29, 0.717) is 5.82 Å². The van der Waals surface area contributed by atoms with E-state index in [1.165, 1.54) is 77.9 Å². The van der Waals surface area contributed by atoms with Crippen molar-refractivity contribution in [2.75, 3.05) is 0 Å². The Morgan fingerprint density at radius 3 is 1.47 bits per heavy atom. The Morgan fingerprint density at radius 1 is 0.448 bits per heavy atom. The van der Waals surface area contributed by atoms with E-state index in [9.17, 15) is 0 Å². The Hall–Kier alpha value is -7.16. The van der Waals surface area contributed by atoms with E-state index in [4.69, 9.17) is 9.97 Å². The maximum Gasteiger partial charge on any atom is 0.160 e. The lowest BCUT2D eigenvalue weighted by molar-refractivity contribution is 0.661. The minimum Gasteiger partial charge on any atom is -0.228 e. The molecule has 3 aliphatic carbocycles. The number of hydrogen-bond donors (Lipinski definition) is 0. The topological polar surface area (TPSA) is 25.8 Å². The second-order valence-corrected chi connectivity index (χ2v) is 16.2. The van der Waals surface area contributed by atoms with Crippen molar-refractivity contribution in [3.63, 3.8) is 0 Å². The van der Waals surface area contributed by atoms with Crippen LogP contribution in [0.5, 0.6) is 0 Å². The summed E-state index contributed by atoms with van der Waals surface area (Å²) in [6, 6.07) is 60.4. The van der Waals surface area contributed by atoms with Crippen LogP contribution < -0.4 is 0 Å². The van der Waals surface area contributed by atoms with E-state index in [-0.39, 0.29) is 10.8 Å². The second kappa shape index (κ2) is 12.7. The van der Waals surface area contributed by atoms with E-state index in [1.807, 2.05) is 30.4 Å². The van der Waals surface area contributed by atoms with E-state index >= 15 is 0 Å². The van der Waals surface area contributed by atoms with Crippen molar-refractivity contribution in [2.24, 2.45) is 0 Å². The first-order valence-corrected chi connectivity index (χ1v) is 20.1. The van der Waals surface area contributed by atoms with Crippen molar-refractivity contribution in [1.82, 2.24) is 9.97 Å². The normalized spacial score (nSPS) is 14.6. The summed E-state index contributed by atoms with van der Waals surface area (Å²) in [7, 11) is 0.